The normalized spacial score (nSPS) is 17.8. The molecule has 2 fully saturated rings. The first-order valence-electron chi connectivity index (χ1n) is 19.2. The minimum atomic E-state index is -1.09. The molecule has 0 saturated carbocycles. The van der Waals surface area contributed by atoms with E-state index < -0.39 is 30.2 Å². The molecule has 4 heterocycles. The Hall–Kier alpha value is -6.19. The van der Waals surface area contributed by atoms with Crippen LogP contribution in [0.25, 0.3) is 33.6 Å². The lowest BCUT2D eigenvalue weighted by molar-refractivity contribution is -0.136. The monoisotopic (exact) mass is 782 g/mol. The number of carbonyl (C=O) groups is 5. The number of H-pyrrole nitrogens is 2. The minimum Gasteiger partial charge on any atom is -0.478 e. The summed E-state index contributed by atoms with van der Waals surface area (Å²) in [7, 11) is 2.52. The average molecular weight is 783 g/mol. The Kier molecular flexibility index (Phi) is 12.3. The Morgan fingerprint density at radius 3 is 1.58 bits per heavy atom. The topological polar surface area (TPSA) is 212 Å². The number of nitrogens with zero attached hydrogens (tertiary/aromatic N) is 4. The molecule has 0 unspecified atom stereocenters. The molecule has 0 bridgehead atoms. The molecule has 0 spiro atoms. The Labute approximate surface area is 330 Å². The fourth-order valence-corrected chi connectivity index (χ4v) is 7.66. The number of hydrogen-bond donors (Lipinski definition) is 5. The molecule has 16 nitrogen and oxygen atoms in total. The van der Waals surface area contributed by atoms with Gasteiger partial charge in [-0.05, 0) is 60.3 Å². The number of aromatic amines is 2. The highest BCUT2D eigenvalue weighted by Crippen LogP contribution is 2.36. The molecular weight excluding hydrogens is 732 g/mol. The molecule has 0 aliphatic carbocycles. The molecule has 4 atom stereocenters. The van der Waals surface area contributed by atoms with Crippen LogP contribution in [0.5, 0.6) is 0 Å². The van der Waals surface area contributed by atoms with Gasteiger partial charge in [0, 0.05) is 18.7 Å². The second-order valence-electron chi connectivity index (χ2n) is 15.1. The van der Waals surface area contributed by atoms with Crippen molar-refractivity contribution < 1.29 is 38.6 Å². The number of benzene rings is 2. The highest BCUT2D eigenvalue weighted by atomic mass is 16.5. The van der Waals surface area contributed by atoms with Gasteiger partial charge in [0.1, 0.15) is 23.7 Å². The smallest absolute Gasteiger partial charge is 0.407 e. The number of carboxylic acid groups (broad SMARTS) is 1. The molecular formula is C41H50N8O8. The molecule has 2 aromatic heterocycles. The third kappa shape index (κ3) is 8.64. The van der Waals surface area contributed by atoms with Gasteiger partial charge in [-0.3, -0.25) is 9.59 Å². The van der Waals surface area contributed by atoms with E-state index in [9.17, 15) is 29.1 Å². The number of amides is 4. The predicted octanol–water partition coefficient (Wildman–Crippen LogP) is 5.92. The lowest BCUT2D eigenvalue weighted by atomic mass is 9.95. The minimum absolute atomic E-state index is 0.110. The van der Waals surface area contributed by atoms with Gasteiger partial charge >= 0.3 is 18.2 Å². The van der Waals surface area contributed by atoms with E-state index >= 15 is 0 Å². The predicted molar refractivity (Wildman–Crippen MR) is 210 cm³/mol. The highest BCUT2D eigenvalue weighted by Gasteiger charge is 2.39. The molecule has 2 aromatic carbocycles. The Morgan fingerprint density at radius 2 is 1.14 bits per heavy atom. The summed E-state index contributed by atoms with van der Waals surface area (Å²) in [6.45, 7) is 8.51. The molecule has 6 rings (SSSR count). The van der Waals surface area contributed by atoms with Gasteiger partial charge in [0.05, 0.1) is 55.6 Å². The fraction of sp³-hybridized carbons (Fsp3) is 0.439. The summed E-state index contributed by atoms with van der Waals surface area (Å²) < 4.78 is 9.47. The zero-order valence-corrected chi connectivity index (χ0v) is 33.0. The second-order valence-corrected chi connectivity index (χ2v) is 15.1. The number of imidazole rings is 2. The lowest BCUT2D eigenvalue weighted by Crippen LogP contribution is -2.51. The first-order chi connectivity index (χ1) is 27.3. The number of rotatable bonds is 12. The maximum atomic E-state index is 13.6. The van der Waals surface area contributed by atoms with E-state index in [1.54, 1.807) is 34.3 Å². The van der Waals surface area contributed by atoms with Gasteiger partial charge in [0.15, 0.2) is 0 Å². The number of nitrogens with one attached hydrogen (secondary N) is 4. The van der Waals surface area contributed by atoms with E-state index in [1.807, 2.05) is 58.0 Å². The van der Waals surface area contributed by atoms with E-state index in [1.165, 1.54) is 14.2 Å². The van der Waals surface area contributed by atoms with Gasteiger partial charge in [0.25, 0.3) is 0 Å². The molecule has 302 valence electrons. The number of hydrogen-bond acceptors (Lipinski definition) is 9. The molecule has 2 aliphatic heterocycles. The Morgan fingerprint density at radius 1 is 0.702 bits per heavy atom. The van der Waals surface area contributed by atoms with Gasteiger partial charge in [0.2, 0.25) is 11.8 Å². The van der Waals surface area contributed by atoms with Crippen molar-refractivity contribution in [1.29, 1.82) is 0 Å². The van der Waals surface area contributed by atoms with Gasteiger partial charge < -0.3 is 45.0 Å². The third-order valence-corrected chi connectivity index (χ3v) is 10.7. The number of methoxy groups -OCH3 is 2. The molecule has 2 saturated heterocycles. The number of aromatic nitrogens is 4. The summed E-state index contributed by atoms with van der Waals surface area (Å²) in [6.07, 6.45) is 5.00. The number of carbonyl (C=O) groups excluding carboxylic acids is 4. The van der Waals surface area contributed by atoms with Gasteiger partial charge in [-0.2, -0.15) is 0 Å². The summed E-state index contributed by atoms with van der Waals surface area (Å²) >= 11 is 0. The van der Waals surface area contributed by atoms with Crippen molar-refractivity contribution in [2.24, 2.45) is 11.8 Å². The van der Waals surface area contributed by atoms with Crippen molar-refractivity contribution in [2.75, 3.05) is 27.3 Å². The van der Waals surface area contributed by atoms with E-state index in [0.717, 1.165) is 30.5 Å². The zero-order valence-electron chi connectivity index (χ0n) is 33.0. The van der Waals surface area contributed by atoms with E-state index in [4.69, 9.17) is 9.47 Å². The number of carboxylic acids is 1. The second kappa shape index (κ2) is 17.3. The standard InChI is InChI=1S/C41H50N8O8/c1-22(2)33(46-40(54)56-5)37(50)48-17-7-9-31(48)35-42-20-29(44-35)25-13-11-24(12-14-25)27-16-15-26(19-28(27)39(52)53)30-21-43-36(45-30)32-10-8-18-49(32)38(51)34(23(3)4)47-41(55)57-6/h11-16,19-23,31-34H,7-10,17-18H2,1-6H3,(H,42,44)(H,43,45)(H,46,54)(H,47,55)(H,52,53)/t31-,32-,33-,34-/m0/s1. The number of aromatic carboxylic acids is 1. The van der Waals surface area contributed by atoms with Crippen LogP contribution >= 0.6 is 0 Å². The van der Waals surface area contributed by atoms with Crippen molar-refractivity contribution >= 4 is 30.0 Å². The van der Waals surface area contributed by atoms with Crippen LogP contribution in [0.4, 0.5) is 9.59 Å². The number of likely N-dealkylation sites (tertiary alicyclic amines) is 2. The van der Waals surface area contributed by atoms with Crippen LogP contribution in [-0.2, 0) is 19.1 Å². The van der Waals surface area contributed by atoms with Gasteiger partial charge in [-0.25, -0.2) is 24.4 Å². The quantitative estimate of drug-likeness (QED) is 0.114. The summed E-state index contributed by atoms with van der Waals surface area (Å²) in [5.41, 5.74) is 4.17. The summed E-state index contributed by atoms with van der Waals surface area (Å²) in [5.74, 6) is -0.572. The van der Waals surface area contributed by atoms with Crippen LogP contribution in [0.1, 0.15) is 87.5 Å². The van der Waals surface area contributed by atoms with E-state index in [0.29, 0.717) is 53.5 Å². The molecule has 0 radical (unpaired) electrons. The Balaban J connectivity index is 1.17. The van der Waals surface area contributed by atoms with Crippen LogP contribution in [0.2, 0.25) is 0 Å². The Bertz CT molecular complexity index is 2110. The third-order valence-electron chi connectivity index (χ3n) is 10.7. The molecule has 2 aliphatic rings. The largest absolute Gasteiger partial charge is 0.478 e. The van der Waals surface area contributed by atoms with Gasteiger partial charge in [-0.1, -0.05) is 64.1 Å². The van der Waals surface area contributed by atoms with E-state index in [-0.39, 0.29) is 41.3 Å². The first-order valence-corrected chi connectivity index (χ1v) is 19.2. The van der Waals surface area contributed by atoms with E-state index in [2.05, 4.69) is 30.6 Å². The van der Waals surface area contributed by atoms with Gasteiger partial charge in [-0.15, -0.1) is 0 Å². The summed E-state index contributed by atoms with van der Waals surface area (Å²) in [5, 5.41) is 15.6. The van der Waals surface area contributed by atoms with Crippen LogP contribution < -0.4 is 10.6 Å². The molecule has 4 aromatic rings. The molecule has 5 N–H and O–H groups in total. The summed E-state index contributed by atoms with van der Waals surface area (Å²) in [4.78, 5) is 83.0. The molecule has 57 heavy (non-hydrogen) atoms. The molecule has 16 heteroatoms. The van der Waals surface area contributed by atoms with Crippen LogP contribution in [-0.4, -0.2) is 104 Å². The molecule has 4 amide bonds. The van der Waals surface area contributed by atoms with Crippen LogP contribution in [0, 0.1) is 11.8 Å². The maximum absolute atomic E-state index is 13.6. The van der Waals surface area contributed by atoms with Crippen molar-refractivity contribution in [3.05, 3.63) is 72.1 Å². The van der Waals surface area contributed by atoms with Crippen LogP contribution in [0.3, 0.4) is 0 Å². The van der Waals surface area contributed by atoms with Crippen molar-refractivity contribution in [3.8, 4) is 33.6 Å². The van der Waals surface area contributed by atoms with Crippen molar-refractivity contribution in [3.63, 3.8) is 0 Å². The SMILES string of the molecule is COC(=O)N[C@H](C(=O)N1CCC[C@H]1c1ncc(-c2ccc(-c3ccc(-c4cnc([C@@H]5CCCN5C(=O)[C@@H](NC(=O)OC)C(C)C)[nH]4)cc3C(=O)O)cc2)[nH]1)C(C)C. The fourth-order valence-electron chi connectivity index (χ4n) is 7.66. The zero-order chi connectivity index (χ0) is 41.0. The van der Waals surface area contributed by atoms with Crippen molar-refractivity contribution in [2.45, 2.75) is 77.5 Å². The average Bonchev–Trinajstić information content (AvgIpc) is 4.05. The maximum Gasteiger partial charge on any atom is 0.407 e. The number of alkyl carbamates (subject to hydrolysis) is 2. The highest BCUT2D eigenvalue weighted by molar-refractivity contribution is 5.97. The number of ether oxygens (including phenoxy) is 2. The van der Waals surface area contributed by atoms with Crippen LogP contribution in [0.15, 0.2) is 54.9 Å². The van der Waals surface area contributed by atoms with Crippen molar-refractivity contribution in [1.82, 2.24) is 40.4 Å². The summed E-state index contributed by atoms with van der Waals surface area (Å²) in [6, 6.07) is 10.6. The first kappa shape index (κ1) is 40.5. The lowest BCUT2D eigenvalue weighted by Gasteiger charge is -2.30.